The quantitative estimate of drug-likeness (QED) is 0.449. The standard InChI is InChI=1S/C18H16O8/c1-7(2)25-9-5-10(19)14-13(6-9)26-18(17(24)16(14)23)8-3-11(20)15(22)12(21)4-8/h3-7,19-22,24H,1-2H3. The van der Waals surface area contributed by atoms with Gasteiger partial charge in [-0.2, -0.15) is 0 Å². The fraction of sp³-hybridized carbons (Fsp3) is 0.167. The van der Waals surface area contributed by atoms with Gasteiger partial charge in [-0.3, -0.25) is 4.79 Å². The number of phenolic OH excluding ortho intramolecular Hbond substituents is 4. The number of fused-ring (bicyclic) bond motifs is 1. The second-order valence-corrected chi connectivity index (χ2v) is 5.95. The zero-order chi connectivity index (χ0) is 19.2. The van der Waals surface area contributed by atoms with Gasteiger partial charge in [0.05, 0.1) is 6.10 Å². The lowest BCUT2D eigenvalue weighted by atomic mass is 10.1. The van der Waals surface area contributed by atoms with E-state index in [9.17, 15) is 30.3 Å². The molecule has 3 aromatic rings. The Morgan fingerprint density at radius 1 is 0.885 bits per heavy atom. The fourth-order valence-electron chi connectivity index (χ4n) is 2.54. The molecule has 1 aromatic heterocycles. The van der Waals surface area contributed by atoms with Gasteiger partial charge in [0.15, 0.2) is 23.0 Å². The van der Waals surface area contributed by atoms with Gasteiger partial charge < -0.3 is 34.7 Å². The lowest BCUT2D eigenvalue weighted by molar-refractivity contribution is 0.241. The second-order valence-electron chi connectivity index (χ2n) is 5.95. The van der Waals surface area contributed by atoms with E-state index in [0.29, 0.717) is 0 Å². The van der Waals surface area contributed by atoms with Gasteiger partial charge in [-0.15, -0.1) is 0 Å². The van der Waals surface area contributed by atoms with Crippen molar-refractivity contribution >= 4 is 11.0 Å². The second kappa shape index (κ2) is 6.07. The summed E-state index contributed by atoms with van der Waals surface area (Å²) in [6.45, 7) is 3.56. The van der Waals surface area contributed by atoms with Crippen LogP contribution in [0.25, 0.3) is 22.3 Å². The molecule has 26 heavy (non-hydrogen) atoms. The van der Waals surface area contributed by atoms with Crippen molar-refractivity contribution in [2.24, 2.45) is 0 Å². The van der Waals surface area contributed by atoms with Gasteiger partial charge in [0.2, 0.25) is 11.2 Å². The van der Waals surface area contributed by atoms with Crippen LogP contribution in [-0.2, 0) is 0 Å². The molecule has 0 saturated heterocycles. The Hall–Kier alpha value is -3.55. The third-order valence-corrected chi connectivity index (χ3v) is 3.63. The smallest absolute Gasteiger partial charge is 0.238 e. The van der Waals surface area contributed by atoms with Gasteiger partial charge in [0, 0.05) is 17.7 Å². The van der Waals surface area contributed by atoms with Crippen molar-refractivity contribution < 1.29 is 34.7 Å². The number of phenols is 4. The Balaban J connectivity index is 2.30. The number of hydrogen-bond acceptors (Lipinski definition) is 8. The summed E-state index contributed by atoms with van der Waals surface area (Å²) in [6.07, 6.45) is -0.193. The predicted octanol–water partition coefficient (Wildman–Crippen LogP) is 2.78. The molecule has 0 aliphatic heterocycles. The van der Waals surface area contributed by atoms with Crippen LogP contribution < -0.4 is 10.2 Å². The van der Waals surface area contributed by atoms with Crippen molar-refractivity contribution in [3.05, 3.63) is 34.5 Å². The molecule has 0 aliphatic carbocycles. The van der Waals surface area contributed by atoms with E-state index in [1.54, 1.807) is 13.8 Å². The first-order chi connectivity index (χ1) is 12.2. The van der Waals surface area contributed by atoms with E-state index in [4.69, 9.17) is 9.15 Å². The molecule has 8 nitrogen and oxygen atoms in total. The van der Waals surface area contributed by atoms with Crippen LogP contribution in [0.15, 0.2) is 33.5 Å². The molecule has 1 heterocycles. The number of aromatic hydroxyl groups is 5. The molecule has 8 heteroatoms. The molecule has 0 saturated carbocycles. The Labute approximate surface area is 146 Å². The minimum atomic E-state index is -0.901. The predicted molar refractivity (Wildman–Crippen MR) is 92.0 cm³/mol. The Kier molecular flexibility index (Phi) is 4.03. The molecule has 0 amide bonds. The van der Waals surface area contributed by atoms with E-state index in [1.807, 2.05) is 0 Å². The average molecular weight is 360 g/mol. The van der Waals surface area contributed by atoms with Crippen molar-refractivity contribution in [2.75, 3.05) is 0 Å². The lowest BCUT2D eigenvalue weighted by Crippen LogP contribution is -2.07. The third-order valence-electron chi connectivity index (χ3n) is 3.63. The van der Waals surface area contributed by atoms with Gasteiger partial charge in [-0.05, 0) is 26.0 Å². The highest BCUT2D eigenvalue weighted by Crippen LogP contribution is 2.42. The highest BCUT2D eigenvalue weighted by molar-refractivity contribution is 5.88. The third kappa shape index (κ3) is 2.81. The van der Waals surface area contributed by atoms with E-state index in [1.165, 1.54) is 12.1 Å². The van der Waals surface area contributed by atoms with Gasteiger partial charge in [0.1, 0.15) is 22.5 Å². The maximum Gasteiger partial charge on any atom is 0.238 e. The number of ether oxygens (including phenoxy) is 1. The fourth-order valence-corrected chi connectivity index (χ4v) is 2.54. The molecule has 5 N–H and O–H groups in total. The van der Waals surface area contributed by atoms with E-state index in [2.05, 4.69) is 0 Å². The summed E-state index contributed by atoms with van der Waals surface area (Å²) in [5.74, 6) is -3.43. The largest absolute Gasteiger partial charge is 0.507 e. The van der Waals surface area contributed by atoms with E-state index >= 15 is 0 Å². The van der Waals surface area contributed by atoms with Crippen LogP contribution in [-0.4, -0.2) is 31.6 Å². The molecule has 0 fully saturated rings. The highest BCUT2D eigenvalue weighted by atomic mass is 16.5. The van der Waals surface area contributed by atoms with Gasteiger partial charge in [-0.1, -0.05) is 0 Å². The highest BCUT2D eigenvalue weighted by Gasteiger charge is 2.21. The van der Waals surface area contributed by atoms with Gasteiger partial charge in [-0.25, -0.2) is 0 Å². The van der Waals surface area contributed by atoms with Crippen molar-refractivity contribution in [2.45, 2.75) is 20.0 Å². The Morgan fingerprint density at radius 3 is 2.08 bits per heavy atom. The first-order valence-corrected chi connectivity index (χ1v) is 7.63. The molecule has 0 aliphatic rings. The molecule has 136 valence electrons. The maximum absolute atomic E-state index is 12.4. The van der Waals surface area contributed by atoms with Crippen molar-refractivity contribution in [3.63, 3.8) is 0 Å². The summed E-state index contributed by atoms with van der Waals surface area (Å²) in [4.78, 5) is 12.4. The van der Waals surface area contributed by atoms with Crippen LogP contribution in [0, 0.1) is 0 Å². The van der Waals surface area contributed by atoms with E-state index in [0.717, 1.165) is 12.1 Å². The minimum absolute atomic E-state index is 0.0519. The van der Waals surface area contributed by atoms with E-state index < -0.39 is 34.2 Å². The molecule has 3 rings (SSSR count). The normalized spacial score (nSPS) is 11.2. The van der Waals surface area contributed by atoms with Crippen LogP contribution in [0.4, 0.5) is 0 Å². The Morgan fingerprint density at radius 2 is 1.50 bits per heavy atom. The molecular formula is C18H16O8. The zero-order valence-corrected chi connectivity index (χ0v) is 13.8. The van der Waals surface area contributed by atoms with Crippen molar-refractivity contribution in [1.82, 2.24) is 0 Å². The summed E-state index contributed by atoms with van der Waals surface area (Å²) in [5.41, 5.74) is -1.02. The summed E-state index contributed by atoms with van der Waals surface area (Å²) in [7, 11) is 0. The monoisotopic (exact) mass is 360 g/mol. The van der Waals surface area contributed by atoms with E-state index in [-0.39, 0.29) is 34.1 Å². The Bertz CT molecular complexity index is 1040. The van der Waals surface area contributed by atoms with Crippen LogP contribution in [0.1, 0.15) is 13.8 Å². The maximum atomic E-state index is 12.4. The topological polar surface area (TPSA) is 141 Å². The lowest BCUT2D eigenvalue weighted by Gasteiger charge is -2.12. The summed E-state index contributed by atoms with van der Waals surface area (Å²) in [6, 6.07) is 4.62. The van der Waals surface area contributed by atoms with Crippen molar-refractivity contribution in [1.29, 1.82) is 0 Å². The molecular weight excluding hydrogens is 344 g/mol. The minimum Gasteiger partial charge on any atom is -0.507 e. The first kappa shape index (κ1) is 17.3. The summed E-state index contributed by atoms with van der Waals surface area (Å²) >= 11 is 0. The molecule has 0 radical (unpaired) electrons. The number of hydrogen-bond donors (Lipinski definition) is 5. The number of benzene rings is 2. The number of rotatable bonds is 3. The first-order valence-electron chi connectivity index (χ1n) is 7.63. The van der Waals surface area contributed by atoms with Crippen LogP contribution in [0.3, 0.4) is 0 Å². The zero-order valence-electron chi connectivity index (χ0n) is 13.8. The SMILES string of the molecule is CC(C)Oc1cc(O)c2c(=O)c(O)c(-c3cc(O)c(O)c(O)c3)oc2c1. The molecule has 2 aromatic carbocycles. The van der Waals surface area contributed by atoms with Gasteiger partial charge in [0.25, 0.3) is 0 Å². The summed E-state index contributed by atoms with van der Waals surface area (Å²) in [5, 5.41) is 48.7. The van der Waals surface area contributed by atoms with Gasteiger partial charge >= 0.3 is 0 Å². The molecule has 0 spiro atoms. The van der Waals surface area contributed by atoms with Crippen LogP contribution in [0.2, 0.25) is 0 Å². The summed E-state index contributed by atoms with van der Waals surface area (Å²) < 4.78 is 11.0. The van der Waals surface area contributed by atoms with Crippen LogP contribution >= 0.6 is 0 Å². The van der Waals surface area contributed by atoms with Crippen molar-refractivity contribution in [3.8, 4) is 45.8 Å². The van der Waals surface area contributed by atoms with Crippen LogP contribution in [0.5, 0.6) is 34.5 Å². The molecule has 0 unspecified atom stereocenters. The molecule has 0 atom stereocenters. The average Bonchev–Trinajstić information content (AvgIpc) is 2.54. The molecule has 0 bridgehead atoms.